The van der Waals surface area contributed by atoms with Crippen LogP contribution in [-0.4, -0.2) is 14.1 Å². The van der Waals surface area contributed by atoms with Crippen LogP contribution in [-0.2, 0) is 0 Å². The third kappa shape index (κ3) is 5.02. The van der Waals surface area contributed by atoms with Crippen molar-refractivity contribution in [1.29, 1.82) is 0 Å². The largest absolute Gasteiger partial charge is 0.309 e. The highest BCUT2D eigenvalue weighted by molar-refractivity contribution is 6.11. The van der Waals surface area contributed by atoms with Crippen LogP contribution in [0.15, 0.2) is 213 Å². The number of rotatable bonds is 6. The molecule has 0 aliphatic rings. The molecular weight excluding hydrogens is 679 g/mol. The van der Waals surface area contributed by atoms with Crippen molar-refractivity contribution in [2.45, 2.75) is 0 Å². The van der Waals surface area contributed by atoms with Crippen LogP contribution in [0, 0.1) is 0 Å². The number of benzene rings is 8. The average Bonchev–Trinajstić information content (AvgIpc) is 3.79. The lowest BCUT2D eigenvalue weighted by Crippen LogP contribution is -2.00. The van der Waals surface area contributed by atoms with Gasteiger partial charge in [-0.15, -0.1) is 0 Å². The van der Waals surface area contributed by atoms with Gasteiger partial charge in [0.15, 0.2) is 0 Å². The van der Waals surface area contributed by atoms with E-state index in [2.05, 4.69) is 209 Å². The maximum absolute atomic E-state index is 4.98. The van der Waals surface area contributed by atoms with Crippen molar-refractivity contribution in [2.75, 3.05) is 0 Å². The molecule has 11 rings (SSSR count). The minimum absolute atomic E-state index is 1.06. The van der Waals surface area contributed by atoms with Crippen LogP contribution in [0.5, 0.6) is 0 Å². The Kier molecular flexibility index (Phi) is 7.49. The summed E-state index contributed by atoms with van der Waals surface area (Å²) in [5, 5.41) is 4.97. The molecule has 8 aromatic carbocycles. The van der Waals surface area contributed by atoms with Crippen LogP contribution in [0.1, 0.15) is 0 Å². The molecule has 0 aliphatic carbocycles. The summed E-state index contributed by atoms with van der Waals surface area (Å²) in [6.45, 7) is 0. The number of hydrogen-bond acceptors (Lipinski definition) is 1. The molecule has 262 valence electrons. The zero-order chi connectivity index (χ0) is 37.0. The number of hydrogen-bond donors (Lipinski definition) is 0. The molecule has 11 aromatic rings. The Morgan fingerprint density at radius 3 is 1.00 bits per heavy atom. The third-order valence-corrected chi connectivity index (χ3v) is 11.2. The maximum atomic E-state index is 4.98. The Hall–Kier alpha value is -7.49. The third-order valence-electron chi connectivity index (χ3n) is 11.2. The lowest BCUT2D eigenvalue weighted by atomic mass is 9.90. The number of fused-ring (bicyclic) bond motifs is 6. The van der Waals surface area contributed by atoms with Gasteiger partial charge in [0.05, 0.1) is 33.4 Å². The summed E-state index contributed by atoms with van der Waals surface area (Å²) in [6, 6.07) is 72.1. The second-order valence-corrected chi connectivity index (χ2v) is 14.3. The Labute approximate surface area is 325 Å². The van der Waals surface area contributed by atoms with Crippen molar-refractivity contribution >= 4 is 43.6 Å². The van der Waals surface area contributed by atoms with Crippen LogP contribution < -0.4 is 0 Å². The van der Waals surface area contributed by atoms with Gasteiger partial charge in [-0.1, -0.05) is 158 Å². The highest BCUT2D eigenvalue weighted by atomic mass is 15.0. The van der Waals surface area contributed by atoms with Crippen LogP contribution in [0.4, 0.5) is 0 Å². The lowest BCUT2D eigenvalue weighted by molar-refractivity contribution is 1.18. The van der Waals surface area contributed by atoms with E-state index in [0.717, 1.165) is 44.8 Å². The summed E-state index contributed by atoms with van der Waals surface area (Å²) in [6.07, 6.45) is 4.03. The first-order chi connectivity index (χ1) is 27.8. The number of para-hydroxylation sites is 4. The number of pyridine rings is 1. The molecule has 0 spiro atoms. The molecule has 0 N–H and O–H groups in total. The SMILES string of the molecule is c1ccc(-c2c(-c3cncc(-c4cccc(-n5c6ccccc6c6ccccc65)c4-c4ccccc4)c3)cccc2-n2c3ccccc3c3ccccc32)cc1. The molecule has 0 aliphatic heterocycles. The summed E-state index contributed by atoms with van der Waals surface area (Å²) in [5.74, 6) is 0. The predicted molar refractivity (Wildman–Crippen MR) is 235 cm³/mol. The molecular formula is C53H35N3. The van der Waals surface area contributed by atoms with Crippen molar-refractivity contribution in [3.05, 3.63) is 213 Å². The normalized spacial score (nSPS) is 11.6. The minimum Gasteiger partial charge on any atom is -0.309 e. The Morgan fingerprint density at radius 1 is 0.286 bits per heavy atom. The highest BCUT2D eigenvalue weighted by Crippen LogP contribution is 2.44. The maximum Gasteiger partial charge on any atom is 0.0546 e. The minimum atomic E-state index is 1.06. The number of aromatic nitrogens is 3. The first kappa shape index (κ1) is 32.0. The number of nitrogens with zero attached hydrogens (tertiary/aromatic N) is 3. The van der Waals surface area contributed by atoms with Gasteiger partial charge in [-0.25, -0.2) is 0 Å². The smallest absolute Gasteiger partial charge is 0.0546 e. The molecule has 3 heteroatoms. The molecule has 0 saturated carbocycles. The molecule has 3 aromatic heterocycles. The molecule has 56 heavy (non-hydrogen) atoms. The Morgan fingerprint density at radius 2 is 0.625 bits per heavy atom. The molecule has 0 radical (unpaired) electrons. The summed E-state index contributed by atoms with van der Waals surface area (Å²) < 4.78 is 4.85. The van der Waals surface area contributed by atoms with Crippen LogP contribution in [0.3, 0.4) is 0 Å². The summed E-state index contributed by atoms with van der Waals surface area (Å²) >= 11 is 0. The van der Waals surface area contributed by atoms with E-state index in [0.29, 0.717) is 0 Å². The van der Waals surface area contributed by atoms with E-state index in [1.165, 1.54) is 54.7 Å². The van der Waals surface area contributed by atoms with Crippen molar-refractivity contribution in [3.8, 4) is 55.9 Å². The Bertz CT molecular complexity index is 2920. The summed E-state index contributed by atoms with van der Waals surface area (Å²) in [5.41, 5.74) is 16.0. The monoisotopic (exact) mass is 713 g/mol. The first-order valence-corrected chi connectivity index (χ1v) is 19.1. The van der Waals surface area contributed by atoms with Crippen molar-refractivity contribution in [3.63, 3.8) is 0 Å². The highest BCUT2D eigenvalue weighted by Gasteiger charge is 2.21. The fraction of sp³-hybridized carbons (Fsp3) is 0. The van der Waals surface area contributed by atoms with E-state index >= 15 is 0 Å². The summed E-state index contributed by atoms with van der Waals surface area (Å²) in [4.78, 5) is 4.98. The van der Waals surface area contributed by atoms with Crippen molar-refractivity contribution in [1.82, 2.24) is 14.1 Å². The van der Waals surface area contributed by atoms with E-state index in [9.17, 15) is 0 Å². The molecule has 0 saturated heterocycles. The predicted octanol–water partition coefficient (Wildman–Crippen LogP) is 13.9. The van der Waals surface area contributed by atoms with Crippen LogP contribution >= 0.6 is 0 Å². The second-order valence-electron chi connectivity index (χ2n) is 14.3. The topological polar surface area (TPSA) is 22.8 Å². The molecule has 0 bridgehead atoms. The second kappa shape index (κ2) is 13.1. The zero-order valence-electron chi connectivity index (χ0n) is 30.5. The summed E-state index contributed by atoms with van der Waals surface area (Å²) in [7, 11) is 0. The van der Waals surface area contributed by atoms with Gasteiger partial charge >= 0.3 is 0 Å². The van der Waals surface area contributed by atoms with Crippen molar-refractivity contribution < 1.29 is 0 Å². The molecule has 0 atom stereocenters. The average molecular weight is 714 g/mol. The van der Waals surface area contributed by atoms with E-state index in [-0.39, 0.29) is 0 Å². The van der Waals surface area contributed by atoms with Gasteiger partial charge in [-0.3, -0.25) is 4.98 Å². The molecule has 0 unspecified atom stereocenters. The van der Waals surface area contributed by atoms with Gasteiger partial charge in [0.25, 0.3) is 0 Å². The van der Waals surface area contributed by atoms with Gasteiger partial charge in [0.2, 0.25) is 0 Å². The fourth-order valence-electron chi connectivity index (χ4n) is 8.85. The molecule has 0 amide bonds. The van der Waals surface area contributed by atoms with E-state index in [1.807, 2.05) is 12.4 Å². The van der Waals surface area contributed by atoms with Crippen LogP contribution in [0.25, 0.3) is 99.5 Å². The first-order valence-electron chi connectivity index (χ1n) is 19.1. The molecule has 3 heterocycles. The van der Waals surface area contributed by atoms with Gasteiger partial charge < -0.3 is 9.13 Å². The van der Waals surface area contributed by atoms with E-state index in [4.69, 9.17) is 4.98 Å². The van der Waals surface area contributed by atoms with Crippen LogP contribution in [0.2, 0.25) is 0 Å². The van der Waals surface area contributed by atoms with Gasteiger partial charge in [-0.05, 0) is 64.7 Å². The lowest BCUT2D eigenvalue weighted by Gasteiger charge is -2.20. The van der Waals surface area contributed by atoms with E-state index in [1.54, 1.807) is 0 Å². The molecule has 0 fully saturated rings. The van der Waals surface area contributed by atoms with Gasteiger partial charge in [0.1, 0.15) is 0 Å². The van der Waals surface area contributed by atoms with E-state index < -0.39 is 0 Å². The fourth-order valence-corrected chi connectivity index (χ4v) is 8.85. The van der Waals surface area contributed by atoms with Gasteiger partial charge in [0, 0.05) is 56.2 Å². The quantitative estimate of drug-likeness (QED) is 0.168. The van der Waals surface area contributed by atoms with Gasteiger partial charge in [-0.2, -0.15) is 0 Å². The standard InChI is InChI=1S/C53H35N3/c1-3-17-36(18-4-1)52-40(25-15-31-50(52)55-46-27-11-7-21-42(46)43-22-8-12-28-47(43)55)38-33-39(35-54-34-38)41-26-16-32-51(53(41)37-19-5-2-6-20-37)56-48-29-13-9-23-44(48)45-24-10-14-30-49(45)56/h1-35H. The Balaban J connectivity index is 1.16. The zero-order valence-corrected chi connectivity index (χ0v) is 30.5. The van der Waals surface area contributed by atoms with Crippen molar-refractivity contribution in [2.24, 2.45) is 0 Å². The molecule has 3 nitrogen and oxygen atoms in total.